The molecule has 1 atom stereocenters. The van der Waals surface area contributed by atoms with Gasteiger partial charge in [-0.05, 0) is 35.4 Å². The Morgan fingerprint density at radius 1 is 0.952 bits per heavy atom. The molecule has 3 aromatic carbocycles. The highest BCUT2D eigenvalue weighted by Gasteiger charge is 2.11. The topological polar surface area (TPSA) is 20.2 Å². The van der Waals surface area contributed by atoms with Crippen molar-refractivity contribution in [3.8, 4) is 0 Å². The predicted molar refractivity (Wildman–Crippen MR) is 90.8 cm³/mol. The monoisotopic (exact) mass is 294 g/mol. The molecule has 21 heavy (non-hydrogen) atoms. The van der Waals surface area contributed by atoms with Gasteiger partial charge in [-0.15, -0.1) is 11.8 Å². The van der Waals surface area contributed by atoms with Gasteiger partial charge in [-0.3, -0.25) is 0 Å². The second kappa shape index (κ2) is 6.33. The van der Waals surface area contributed by atoms with Gasteiger partial charge < -0.3 is 5.11 Å². The number of aliphatic hydroxyl groups is 1. The maximum Gasteiger partial charge on any atom is 0.0889 e. The van der Waals surface area contributed by atoms with Crippen molar-refractivity contribution < 1.29 is 5.11 Å². The molecular formula is C19H18OS. The van der Waals surface area contributed by atoms with E-state index in [9.17, 15) is 5.11 Å². The van der Waals surface area contributed by atoms with E-state index in [4.69, 9.17) is 0 Å². The fraction of sp³-hybridized carbons (Fsp3) is 0.158. The zero-order valence-electron chi connectivity index (χ0n) is 12.0. The molecule has 1 unspecified atom stereocenters. The summed E-state index contributed by atoms with van der Waals surface area (Å²) < 4.78 is 0. The quantitative estimate of drug-likeness (QED) is 0.685. The van der Waals surface area contributed by atoms with Crippen molar-refractivity contribution in [2.75, 3.05) is 5.75 Å². The maximum absolute atomic E-state index is 10.5. The Kier molecular flexibility index (Phi) is 4.28. The lowest BCUT2D eigenvalue weighted by atomic mass is 10.0. The molecule has 0 saturated carbocycles. The van der Waals surface area contributed by atoms with Crippen LogP contribution >= 0.6 is 11.8 Å². The zero-order valence-corrected chi connectivity index (χ0v) is 12.8. The van der Waals surface area contributed by atoms with Gasteiger partial charge in [-0.1, -0.05) is 60.2 Å². The van der Waals surface area contributed by atoms with Gasteiger partial charge in [0.2, 0.25) is 0 Å². The number of aliphatic hydroxyl groups excluding tert-OH is 1. The second-order valence-electron chi connectivity index (χ2n) is 5.21. The van der Waals surface area contributed by atoms with Gasteiger partial charge in [-0.25, -0.2) is 0 Å². The predicted octanol–water partition coefficient (Wildman–Crippen LogP) is 4.97. The molecular weight excluding hydrogens is 276 g/mol. The minimum Gasteiger partial charge on any atom is -0.388 e. The SMILES string of the molecule is Cc1cccc(SCC(O)c2cccc3ccccc23)c1. The van der Waals surface area contributed by atoms with Crippen LogP contribution in [0.25, 0.3) is 10.8 Å². The molecule has 1 N–H and O–H groups in total. The van der Waals surface area contributed by atoms with Gasteiger partial charge in [0.25, 0.3) is 0 Å². The summed E-state index contributed by atoms with van der Waals surface area (Å²) in [6.07, 6.45) is -0.457. The third kappa shape index (κ3) is 3.29. The summed E-state index contributed by atoms with van der Waals surface area (Å²) in [6.45, 7) is 2.09. The van der Waals surface area contributed by atoms with Gasteiger partial charge in [0.05, 0.1) is 6.10 Å². The highest BCUT2D eigenvalue weighted by Crippen LogP contribution is 2.29. The van der Waals surface area contributed by atoms with Crippen LogP contribution in [0.5, 0.6) is 0 Å². The lowest BCUT2D eigenvalue weighted by molar-refractivity contribution is 0.205. The number of benzene rings is 3. The fourth-order valence-electron chi connectivity index (χ4n) is 2.51. The molecule has 3 rings (SSSR count). The Labute approximate surface area is 129 Å². The molecule has 0 spiro atoms. The minimum atomic E-state index is -0.457. The molecule has 0 aliphatic rings. The van der Waals surface area contributed by atoms with Crippen molar-refractivity contribution in [3.05, 3.63) is 77.9 Å². The van der Waals surface area contributed by atoms with E-state index in [2.05, 4.69) is 49.4 Å². The highest BCUT2D eigenvalue weighted by atomic mass is 32.2. The van der Waals surface area contributed by atoms with Gasteiger partial charge in [0.1, 0.15) is 0 Å². The number of fused-ring (bicyclic) bond motifs is 1. The Morgan fingerprint density at radius 3 is 2.57 bits per heavy atom. The molecule has 0 amide bonds. The molecule has 1 nitrogen and oxygen atoms in total. The number of thioether (sulfide) groups is 1. The first kappa shape index (κ1) is 14.2. The van der Waals surface area contributed by atoms with E-state index in [1.807, 2.05) is 24.3 Å². The zero-order chi connectivity index (χ0) is 14.7. The van der Waals surface area contributed by atoms with Crippen LogP contribution in [0.3, 0.4) is 0 Å². The Hall–Kier alpha value is -1.77. The van der Waals surface area contributed by atoms with E-state index in [-0.39, 0.29) is 0 Å². The van der Waals surface area contributed by atoms with Crippen molar-refractivity contribution >= 4 is 22.5 Å². The molecule has 3 aromatic rings. The molecule has 0 bridgehead atoms. The molecule has 0 fully saturated rings. The molecule has 106 valence electrons. The normalized spacial score (nSPS) is 12.5. The first-order valence-corrected chi connectivity index (χ1v) is 8.08. The van der Waals surface area contributed by atoms with Gasteiger partial charge in [-0.2, -0.15) is 0 Å². The van der Waals surface area contributed by atoms with E-state index in [1.54, 1.807) is 11.8 Å². The Bertz CT molecular complexity index is 746. The summed E-state index contributed by atoms with van der Waals surface area (Å²) in [5.74, 6) is 0.664. The molecule has 0 aliphatic carbocycles. The molecule has 0 radical (unpaired) electrons. The van der Waals surface area contributed by atoms with E-state index >= 15 is 0 Å². The van der Waals surface area contributed by atoms with Crippen LogP contribution in [0, 0.1) is 6.92 Å². The number of rotatable bonds is 4. The number of aryl methyl sites for hydroxylation is 1. The maximum atomic E-state index is 10.5. The van der Waals surface area contributed by atoms with Gasteiger partial charge in [0, 0.05) is 10.6 Å². The van der Waals surface area contributed by atoms with Crippen LogP contribution in [-0.4, -0.2) is 10.9 Å². The van der Waals surface area contributed by atoms with Gasteiger partial charge in [0.15, 0.2) is 0 Å². The molecule has 0 aromatic heterocycles. The van der Waals surface area contributed by atoms with Crippen LogP contribution in [-0.2, 0) is 0 Å². The lowest BCUT2D eigenvalue weighted by Crippen LogP contribution is -2.01. The summed E-state index contributed by atoms with van der Waals surface area (Å²) in [6, 6.07) is 22.7. The summed E-state index contributed by atoms with van der Waals surface area (Å²) in [5.41, 5.74) is 2.26. The van der Waals surface area contributed by atoms with Crippen molar-refractivity contribution in [2.24, 2.45) is 0 Å². The highest BCUT2D eigenvalue weighted by molar-refractivity contribution is 7.99. The van der Waals surface area contributed by atoms with E-state index < -0.39 is 6.10 Å². The average Bonchev–Trinajstić information content (AvgIpc) is 2.52. The van der Waals surface area contributed by atoms with E-state index in [0.29, 0.717) is 5.75 Å². The Balaban J connectivity index is 1.79. The summed E-state index contributed by atoms with van der Waals surface area (Å²) in [4.78, 5) is 1.20. The number of hydrogen-bond donors (Lipinski definition) is 1. The summed E-state index contributed by atoms with van der Waals surface area (Å²) >= 11 is 1.70. The summed E-state index contributed by atoms with van der Waals surface area (Å²) in [5, 5.41) is 12.8. The van der Waals surface area contributed by atoms with E-state index in [0.717, 1.165) is 10.9 Å². The lowest BCUT2D eigenvalue weighted by Gasteiger charge is -2.13. The first-order valence-electron chi connectivity index (χ1n) is 7.09. The fourth-order valence-corrected chi connectivity index (χ4v) is 3.48. The Morgan fingerprint density at radius 2 is 1.71 bits per heavy atom. The van der Waals surface area contributed by atoms with Crippen LogP contribution in [0.4, 0.5) is 0 Å². The second-order valence-corrected chi connectivity index (χ2v) is 6.31. The van der Waals surface area contributed by atoms with Crippen LogP contribution in [0.1, 0.15) is 17.2 Å². The largest absolute Gasteiger partial charge is 0.388 e. The van der Waals surface area contributed by atoms with E-state index in [1.165, 1.54) is 15.8 Å². The molecule has 2 heteroatoms. The standard InChI is InChI=1S/C19H18OS/c1-14-6-4-9-16(12-14)21-13-19(20)18-11-5-8-15-7-2-3-10-17(15)18/h2-12,19-20H,13H2,1H3. The smallest absolute Gasteiger partial charge is 0.0889 e. The minimum absolute atomic E-state index is 0.457. The van der Waals surface area contributed by atoms with Crippen molar-refractivity contribution in [1.82, 2.24) is 0 Å². The third-order valence-corrected chi connectivity index (χ3v) is 4.65. The van der Waals surface area contributed by atoms with Crippen LogP contribution in [0.15, 0.2) is 71.6 Å². The molecule has 0 saturated heterocycles. The third-order valence-electron chi connectivity index (χ3n) is 3.58. The van der Waals surface area contributed by atoms with Crippen molar-refractivity contribution in [3.63, 3.8) is 0 Å². The average molecular weight is 294 g/mol. The van der Waals surface area contributed by atoms with Crippen molar-refractivity contribution in [2.45, 2.75) is 17.9 Å². The first-order chi connectivity index (χ1) is 10.2. The van der Waals surface area contributed by atoms with Crippen LogP contribution in [0.2, 0.25) is 0 Å². The number of hydrogen-bond acceptors (Lipinski definition) is 2. The summed E-state index contributed by atoms with van der Waals surface area (Å²) in [7, 11) is 0. The van der Waals surface area contributed by atoms with Gasteiger partial charge >= 0.3 is 0 Å². The van der Waals surface area contributed by atoms with Crippen molar-refractivity contribution in [1.29, 1.82) is 0 Å². The molecule has 0 heterocycles. The molecule has 0 aliphatic heterocycles. The van der Waals surface area contributed by atoms with Crippen LogP contribution < -0.4 is 0 Å².